The molecule has 0 saturated carbocycles. The minimum atomic E-state index is 0.532. The van der Waals surface area contributed by atoms with E-state index in [1.54, 1.807) is 12.4 Å². The van der Waals surface area contributed by atoms with Crippen molar-refractivity contribution in [2.75, 3.05) is 6.54 Å². The van der Waals surface area contributed by atoms with Crippen LogP contribution in [0.15, 0.2) is 41.0 Å². The van der Waals surface area contributed by atoms with E-state index in [0.717, 1.165) is 5.57 Å². The van der Waals surface area contributed by atoms with E-state index >= 15 is 0 Å². The van der Waals surface area contributed by atoms with Crippen LogP contribution in [0.2, 0.25) is 0 Å². The fourth-order valence-corrected chi connectivity index (χ4v) is 0.384. The lowest BCUT2D eigenvalue weighted by atomic mass is 10.3. The highest BCUT2D eigenvalue weighted by Crippen LogP contribution is 1.87. The maximum atomic E-state index is 3.92. The summed E-state index contributed by atoms with van der Waals surface area (Å²) in [7, 11) is 0. The Morgan fingerprint density at radius 3 is 2.91 bits per heavy atom. The second kappa shape index (κ2) is 6.72. The highest BCUT2D eigenvalue weighted by Gasteiger charge is 1.70. The van der Waals surface area contributed by atoms with Crippen molar-refractivity contribution < 1.29 is 0 Å². The third-order valence-electron chi connectivity index (χ3n) is 0.835. The molecular formula is C9H12N2. The summed E-state index contributed by atoms with van der Waals surface area (Å²) in [5.74, 6) is 2.41. The first kappa shape index (κ1) is 9.60. The van der Waals surface area contributed by atoms with Gasteiger partial charge in [-0.25, -0.2) is 4.99 Å². The topological polar surface area (TPSA) is 24.7 Å². The molecule has 0 aromatic rings. The average Bonchev–Trinajstić information content (AvgIpc) is 1.96. The number of allylic oxidation sites excluding steroid dienone is 2. The molecule has 0 spiro atoms. The van der Waals surface area contributed by atoms with Crippen LogP contribution in [0.5, 0.6) is 0 Å². The Labute approximate surface area is 67.4 Å². The maximum absolute atomic E-state index is 3.92. The predicted molar refractivity (Wildman–Crippen MR) is 50.4 cm³/mol. The molecule has 0 N–H and O–H groups in total. The second-order valence-electron chi connectivity index (χ2n) is 1.99. The van der Waals surface area contributed by atoms with Crippen molar-refractivity contribution in [3.05, 3.63) is 31.0 Å². The molecular weight excluding hydrogens is 136 g/mol. The van der Waals surface area contributed by atoms with Gasteiger partial charge in [0.25, 0.3) is 0 Å². The molecule has 0 unspecified atom stereocenters. The molecule has 2 nitrogen and oxygen atoms in total. The molecule has 0 aliphatic heterocycles. The van der Waals surface area contributed by atoms with Crippen molar-refractivity contribution in [2.45, 2.75) is 6.92 Å². The molecule has 0 aromatic heterocycles. The number of aliphatic imine (C=N–C) groups is 2. The van der Waals surface area contributed by atoms with Gasteiger partial charge in [0.1, 0.15) is 0 Å². The lowest BCUT2D eigenvalue weighted by molar-refractivity contribution is 1.33. The van der Waals surface area contributed by atoms with Gasteiger partial charge in [0.15, 0.2) is 0 Å². The van der Waals surface area contributed by atoms with Crippen LogP contribution in [0.4, 0.5) is 0 Å². The zero-order valence-corrected chi connectivity index (χ0v) is 6.75. The minimum Gasteiger partial charge on any atom is -0.267 e. The van der Waals surface area contributed by atoms with Crippen LogP contribution in [0, 0.1) is 0 Å². The van der Waals surface area contributed by atoms with E-state index in [1.165, 1.54) is 0 Å². The fourth-order valence-electron chi connectivity index (χ4n) is 0.384. The summed E-state index contributed by atoms with van der Waals surface area (Å²) in [5.41, 5.74) is 0.981. The van der Waals surface area contributed by atoms with Crippen LogP contribution in [-0.2, 0) is 0 Å². The summed E-state index contributed by atoms with van der Waals surface area (Å²) in [4.78, 5) is 7.64. The summed E-state index contributed by atoms with van der Waals surface area (Å²) in [6.07, 6.45) is 5.19. The zero-order valence-electron chi connectivity index (χ0n) is 6.75. The van der Waals surface area contributed by atoms with Gasteiger partial charge < -0.3 is 0 Å². The largest absolute Gasteiger partial charge is 0.267 e. The Bertz CT molecular complexity index is 218. The molecule has 0 aliphatic rings. The van der Waals surface area contributed by atoms with E-state index in [2.05, 4.69) is 29.0 Å². The second-order valence-corrected chi connectivity index (χ2v) is 1.99. The van der Waals surface area contributed by atoms with Crippen LogP contribution in [0.1, 0.15) is 6.92 Å². The number of hydrogen-bond acceptors (Lipinski definition) is 2. The van der Waals surface area contributed by atoms with E-state index in [4.69, 9.17) is 0 Å². The third-order valence-corrected chi connectivity index (χ3v) is 0.835. The lowest BCUT2D eigenvalue weighted by Crippen LogP contribution is -1.77. The first-order valence-corrected chi connectivity index (χ1v) is 3.29. The molecule has 0 rings (SSSR count). The number of hydrogen-bond donors (Lipinski definition) is 0. The Morgan fingerprint density at radius 1 is 1.64 bits per heavy atom. The van der Waals surface area contributed by atoms with Crippen molar-refractivity contribution >= 4 is 12.1 Å². The summed E-state index contributed by atoms with van der Waals surface area (Å²) in [6.45, 7) is 9.45. The van der Waals surface area contributed by atoms with Crippen molar-refractivity contribution in [2.24, 2.45) is 9.98 Å². The molecule has 58 valence electrons. The van der Waals surface area contributed by atoms with Crippen LogP contribution >= 0.6 is 0 Å². The fraction of sp³-hybridized carbons (Fsp3) is 0.222. The van der Waals surface area contributed by atoms with Crippen molar-refractivity contribution in [1.82, 2.24) is 0 Å². The molecule has 0 heterocycles. The van der Waals surface area contributed by atoms with Gasteiger partial charge in [-0.2, -0.15) is 0 Å². The van der Waals surface area contributed by atoms with Gasteiger partial charge in [-0.15, -0.1) is 0 Å². The summed E-state index contributed by atoms with van der Waals surface area (Å²) >= 11 is 0. The van der Waals surface area contributed by atoms with Gasteiger partial charge >= 0.3 is 0 Å². The standard InChI is InChI=1S/C9H12N2/c1-4-10-7-8-11-6-5-9(2)3/h5-6,8H,1-2,7H2,3H3/b6-5-,11-8-. The van der Waals surface area contributed by atoms with Crippen LogP contribution in [0.25, 0.3) is 0 Å². The molecule has 0 fully saturated rings. The molecule has 0 saturated heterocycles. The normalized spacial score (nSPS) is 10.3. The number of rotatable bonds is 4. The smallest absolute Gasteiger partial charge is 0.0836 e. The molecule has 0 aromatic carbocycles. The van der Waals surface area contributed by atoms with E-state index < -0.39 is 0 Å². The first-order chi connectivity index (χ1) is 5.27. The summed E-state index contributed by atoms with van der Waals surface area (Å²) < 4.78 is 0. The van der Waals surface area contributed by atoms with Gasteiger partial charge in [0, 0.05) is 12.4 Å². The SMILES string of the molecule is C=C=NC/C=N\C=C/C(=C)C. The Balaban J connectivity index is 3.59. The van der Waals surface area contributed by atoms with Gasteiger partial charge in [0.2, 0.25) is 0 Å². The third kappa shape index (κ3) is 8.60. The Hall–Kier alpha value is -1.40. The Kier molecular flexibility index (Phi) is 5.86. The zero-order chi connectivity index (χ0) is 8.53. The molecule has 0 bridgehead atoms. The van der Waals surface area contributed by atoms with Crippen molar-refractivity contribution in [3.63, 3.8) is 0 Å². The van der Waals surface area contributed by atoms with E-state index in [-0.39, 0.29) is 0 Å². The summed E-state index contributed by atoms with van der Waals surface area (Å²) in [5, 5.41) is 0. The molecule has 0 radical (unpaired) electrons. The molecule has 0 atom stereocenters. The van der Waals surface area contributed by atoms with Gasteiger partial charge in [-0.3, -0.25) is 4.99 Å². The molecule has 2 heteroatoms. The van der Waals surface area contributed by atoms with Gasteiger partial charge in [0.05, 0.1) is 6.54 Å². The minimum absolute atomic E-state index is 0.532. The Morgan fingerprint density at radius 2 is 2.36 bits per heavy atom. The highest BCUT2D eigenvalue weighted by atomic mass is 14.7. The molecule has 0 amide bonds. The van der Waals surface area contributed by atoms with Gasteiger partial charge in [-0.05, 0) is 25.4 Å². The lowest BCUT2D eigenvalue weighted by Gasteiger charge is -1.80. The first-order valence-electron chi connectivity index (χ1n) is 3.29. The quantitative estimate of drug-likeness (QED) is 0.430. The van der Waals surface area contributed by atoms with E-state index in [9.17, 15) is 0 Å². The highest BCUT2D eigenvalue weighted by molar-refractivity contribution is 5.63. The van der Waals surface area contributed by atoms with E-state index in [1.807, 2.05) is 13.0 Å². The maximum Gasteiger partial charge on any atom is 0.0836 e. The monoisotopic (exact) mass is 148 g/mol. The summed E-state index contributed by atoms with van der Waals surface area (Å²) in [6, 6.07) is 0. The molecule has 0 aliphatic carbocycles. The van der Waals surface area contributed by atoms with Crippen LogP contribution in [-0.4, -0.2) is 18.6 Å². The average molecular weight is 148 g/mol. The van der Waals surface area contributed by atoms with Gasteiger partial charge in [-0.1, -0.05) is 12.2 Å². The van der Waals surface area contributed by atoms with Crippen LogP contribution < -0.4 is 0 Å². The number of nitrogens with zero attached hydrogens (tertiary/aromatic N) is 2. The van der Waals surface area contributed by atoms with Crippen molar-refractivity contribution in [3.8, 4) is 0 Å². The predicted octanol–water partition coefficient (Wildman–Crippen LogP) is 2.00. The molecule has 11 heavy (non-hydrogen) atoms. The van der Waals surface area contributed by atoms with Crippen molar-refractivity contribution in [1.29, 1.82) is 0 Å². The van der Waals surface area contributed by atoms with Crippen LogP contribution in [0.3, 0.4) is 0 Å². The van der Waals surface area contributed by atoms with E-state index in [0.29, 0.717) is 6.54 Å².